The fourth-order valence-corrected chi connectivity index (χ4v) is 5.48. The first kappa shape index (κ1) is 22.5. The van der Waals surface area contributed by atoms with E-state index in [0.717, 1.165) is 11.1 Å². The zero-order chi connectivity index (χ0) is 20.8. The van der Waals surface area contributed by atoms with Crippen LogP contribution >= 0.6 is 0 Å². The van der Waals surface area contributed by atoms with Crippen LogP contribution in [0.1, 0.15) is 70.0 Å². The van der Waals surface area contributed by atoms with Gasteiger partial charge in [0.2, 0.25) is 0 Å². The standard InChI is InChI=1S/C22H38O3Si2/c1-21(2,3)26(7,8)24-19-15-18(23)16-13-11-12-14-17(16)20(19)25-27(9,10)22(4,5)6/h11-14,19-20H,15H2,1-10H3. The molecule has 0 amide bonds. The van der Waals surface area contributed by atoms with Crippen LogP contribution in [0.25, 0.3) is 0 Å². The van der Waals surface area contributed by atoms with Gasteiger partial charge in [0.15, 0.2) is 22.4 Å². The molecule has 1 aromatic rings. The Kier molecular flexibility index (Phi) is 6.05. The first-order valence-corrected chi connectivity index (χ1v) is 15.9. The van der Waals surface area contributed by atoms with Crippen molar-refractivity contribution in [2.45, 2.75) is 96.4 Å². The molecule has 0 aromatic heterocycles. The quantitative estimate of drug-likeness (QED) is 0.520. The van der Waals surface area contributed by atoms with Gasteiger partial charge in [-0.2, -0.15) is 0 Å². The van der Waals surface area contributed by atoms with Crippen molar-refractivity contribution in [3.05, 3.63) is 35.4 Å². The van der Waals surface area contributed by atoms with Crippen molar-refractivity contribution < 1.29 is 13.6 Å². The number of Topliss-reactive ketones (excluding diaryl/α,β-unsaturated/α-hetero) is 1. The molecule has 2 rings (SSSR count). The molecule has 1 aliphatic rings. The van der Waals surface area contributed by atoms with Crippen molar-refractivity contribution in [3.8, 4) is 0 Å². The Bertz CT molecular complexity index is 696. The van der Waals surface area contributed by atoms with Crippen molar-refractivity contribution in [1.82, 2.24) is 0 Å². The zero-order valence-electron chi connectivity index (χ0n) is 18.9. The highest BCUT2D eigenvalue weighted by molar-refractivity contribution is 6.74. The van der Waals surface area contributed by atoms with E-state index in [4.69, 9.17) is 8.85 Å². The van der Waals surface area contributed by atoms with Gasteiger partial charge in [-0.05, 0) is 41.8 Å². The average Bonchev–Trinajstić information content (AvgIpc) is 2.48. The number of carbonyl (C=O) groups excluding carboxylic acids is 1. The van der Waals surface area contributed by atoms with Gasteiger partial charge in [-0.3, -0.25) is 4.79 Å². The van der Waals surface area contributed by atoms with Gasteiger partial charge < -0.3 is 8.85 Å². The molecule has 0 radical (unpaired) electrons. The van der Waals surface area contributed by atoms with Crippen LogP contribution in [0, 0.1) is 0 Å². The molecular weight excluding hydrogens is 368 g/mol. The van der Waals surface area contributed by atoms with Crippen LogP contribution in [0.5, 0.6) is 0 Å². The predicted molar refractivity (Wildman–Crippen MR) is 118 cm³/mol. The maximum absolute atomic E-state index is 12.8. The van der Waals surface area contributed by atoms with E-state index in [1.807, 2.05) is 24.3 Å². The van der Waals surface area contributed by atoms with Crippen LogP contribution in [0.15, 0.2) is 24.3 Å². The highest BCUT2D eigenvalue weighted by atomic mass is 28.4. The van der Waals surface area contributed by atoms with Crippen LogP contribution in [0.4, 0.5) is 0 Å². The van der Waals surface area contributed by atoms with Crippen LogP contribution in [0.2, 0.25) is 36.3 Å². The number of rotatable bonds is 4. The summed E-state index contributed by atoms with van der Waals surface area (Å²) in [5.74, 6) is 0.171. The van der Waals surface area contributed by atoms with E-state index in [0.29, 0.717) is 6.42 Å². The topological polar surface area (TPSA) is 35.5 Å². The molecule has 152 valence electrons. The summed E-state index contributed by atoms with van der Waals surface area (Å²) >= 11 is 0. The van der Waals surface area contributed by atoms with E-state index in [1.165, 1.54) is 0 Å². The molecule has 1 aliphatic carbocycles. The third-order valence-corrected chi connectivity index (χ3v) is 15.7. The maximum atomic E-state index is 12.8. The fourth-order valence-electron chi connectivity index (χ4n) is 2.89. The molecule has 0 bridgehead atoms. The van der Waals surface area contributed by atoms with Gasteiger partial charge in [-0.1, -0.05) is 65.8 Å². The third kappa shape index (κ3) is 4.64. The second kappa shape index (κ2) is 7.25. The van der Waals surface area contributed by atoms with Crippen LogP contribution < -0.4 is 0 Å². The van der Waals surface area contributed by atoms with Crippen LogP contribution in [-0.2, 0) is 8.85 Å². The Morgan fingerprint density at radius 2 is 1.33 bits per heavy atom. The van der Waals surface area contributed by atoms with E-state index in [2.05, 4.69) is 67.7 Å². The average molecular weight is 407 g/mol. The Morgan fingerprint density at radius 3 is 1.85 bits per heavy atom. The third-order valence-electron chi connectivity index (χ3n) is 6.77. The first-order valence-electron chi connectivity index (χ1n) is 10.0. The Labute approximate surface area is 168 Å². The second-order valence-electron chi connectivity index (χ2n) is 10.9. The number of hydrogen-bond acceptors (Lipinski definition) is 3. The normalized spacial score (nSPS) is 21.9. The smallest absolute Gasteiger partial charge is 0.193 e. The minimum absolute atomic E-state index is 0.0918. The highest BCUT2D eigenvalue weighted by Gasteiger charge is 2.47. The second-order valence-corrected chi connectivity index (χ2v) is 20.4. The molecule has 0 saturated carbocycles. The summed E-state index contributed by atoms with van der Waals surface area (Å²) < 4.78 is 13.6. The van der Waals surface area contributed by atoms with Gasteiger partial charge in [0.1, 0.15) is 0 Å². The van der Waals surface area contributed by atoms with Crippen molar-refractivity contribution in [2.24, 2.45) is 0 Å². The maximum Gasteiger partial charge on any atom is 0.193 e. The summed E-state index contributed by atoms with van der Waals surface area (Å²) in [5.41, 5.74) is 1.80. The lowest BCUT2D eigenvalue weighted by Gasteiger charge is -2.46. The number of hydrogen-bond donors (Lipinski definition) is 0. The molecule has 0 aliphatic heterocycles. The van der Waals surface area contributed by atoms with Gasteiger partial charge in [-0.25, -0.2) is 0 Å². The summed E-state index contributed by atoms with van der Waals surface area (Å²) in [6.07, 6.45) is 0.0272. The lowest BCUT2D eigenvalue weighted by molar-refractivity contribution is 0.0225. The lowest BCUT2D eigenvalue weighted by Crippen LogP contribution is -2.50. The summed E-state index contributed by atoms with van der Waals surface area (Å²) in [6, 6.07) is 7.92. The number of ketones is 1. The van der Waals surface area contributed by atoms with Crippen molar-refractivity contribution in [2.75, 3.05) is 0 Å². The van der Waals surface area contributed by atoms with E-state index < -0.39 is 16.6 Å². The van der Waals surface area contributed by atoms with Gasteiger partial charge in [-0.15, -0.1) is 0 Å². The molecule has 2 unspecified atom stereocenters. The van der Waals surface area contributed by atoms with Gasteiger partial charge in [0.25, 0.3) is 0 Å². The van der Waals surface area contributed by atoms with E-state index in [1.54, 1.807) is 0 Å². The van der Waals surface area contributed by atoms with E-state index in [9.17, 15) is 4.79 Å². The minimum Gasteiger partial charge on any atom is -0.411 e. The highest BCUT2D eigenvalue weighted by Crippen LogP contribution is 2.46. The van der Waals surface area contributed by atoms with Crippen LogP contribution in [-0.4, -0.2) is 28.5 Å². The molecule has 3 nitrogen and oxygen atoms in total. The Morgan fingerprint density at radius 1 is 0.852 bits per heavy atom. The monoisotopic (exact) mass is 406 g/mol. The largest absolute Gasteiger partial charge is 0.411 e. The fraction of sp³-hybridized carbons (Fsp3) is 0.682. The summed E-state index contributed by atoms with van der Waals surface area (Å²) in [5, 5.41) is 0.194. The summed E-state index contributed by atoms with van der Waals surface area (Å²) in [4.78, 5) is 12.8. The van der Waals surface area contributed by atoms with E-state index >= 15 is 0 Å². The first-order chi connectivity index (χ1) is 12.1. The lowest BCUT2D eigenvalue weighted by atomic mass is 9.86. The van der Waals surface area contributed by atoms with Gasteiger partial charge in [0.05, 0.1) is 12.2 Å². The predicted octanol–water partition coefficient (Wildman–Crippen LogP) is 6.73. The molecule has 0 saturated heterocycles. The summed E-state index contributed by atoms with van der Waals surface area (Å²) in [6.45, 7) is 22.5. The van der Waals surface area contributed by atoms with Gasteiger partial charge in [0, 0.05) is 12.0 Å². The molecule has 2 atom stereocenters. The molecular formula is C22H38O3Si2. The Balaban J connectivity index is 2.47. The molecule has 0 fully saturated rings. The van der Waals surface area contributed by atoms with E-state index in [-0.39, 0.29) is 28.1 Å². The number of fused-ring (bicyclic) bond motifs is 1. The summed E-state index contributed by atoms with van der Waals surface area (Å²) in [7, 11) is -4.04. The molecule has 27 heavy (non-hydrogen) atoms. The van der Waals surface area contributed by atoms with Crippen molar-refractivity contribution in [3.63, 3.8) is 0 Å². The molecule has 1 aromatic carbocycles. The number of carbonyl (C=O) groups is 1. The van der Waals surface area contributed by atoms with Crippen molar-refractivity contribution >= 4 is 22.4 Å². The minimum atomic E-state index is -2.02. The van der Waals surface area contributed by atoms with Gasteiger partial charge >= 0.3 is 0 Å². The molecule has 5 heteroatoms. The number of benzene rings is 1. The molecule has 0 N–H and O–H groups in total. The zero-order valence-corrected chi connectivity index (χ0v) is 20.9. The Hall–Kier alpha value is -0.756. The molecule has 0 heterocycles. The molecule has 0 spiro atoms. The van der Waals surface area contributed by atoms with Crippen molar-refractivity contribution in [1.29, 1.82) is 0 Å². The van der Waals surface area contributed by atoms with Crippen LogP contribution in [0.3, 0.4) is 0 Å². The SMILES string of the molecule is CC(C)(C)[Si](C)(C)OC1CC(=O)c2ccccc2C1O[Si](C)(C)C(C)(C)C.